The van der Waals surface area contributed by atoms with Gasteiger partial charge in [-0.1, -0.05) is 25.7 Å². The molecular weight excluding hydrogens is 236 g/mol. The third-order valence-electron chi connectivity index (χ3n) is 2.42. The van der Waals surface area contributed by atoms with Crippen LogP contribution in [0.15, 0.2) is 0 Å². The molecule has 2 amide bonds. The van der Waals surface area contributed by atoms with Gasteiger partial charge in [0, 0.05) is 13.1 Å². The Labute approximate surface area is 108 Å². The highest BCUT2D eigenvalue weighted by atomic mass is 16.5. The Morgan fingerprint density at radius 2 is 1.44 bits per heavy atom. The number of hydrogen-bond donors (Lipinski definition) is 3. The van der Waals surface area contributed by atoms with E-state index in [0.29, 0.717) is 19.7 Å². The van der Waals surface area contributed by atoms with E-state index < -0.39 is 6.09 Å². The van der Waals surface area contributed by atoms with Gasteiger partial charge in [0.05, 0.1) is 6.61 Å². The SMILES string of the molecule is CCOC(=O)NCCCCCCCCNC(=O)O. The first-order chi connectivity index (χ1) is 8.66. The summed E-state index contributed by atoms with van der Waals surface area (Å²) in [4.78, 5) is 21.1. The second kappa shape index (κ2) is 12.0. The molecule has 0 aromatic carbocycles. The van der Waals surface area contributed by atoms with Crippen LogP contribution in [0, 0.1) is 0 Å². The fourth-order valence-electron chi connectivity index (χ4n) is 1.53. The van der Waals surface area contributed by atoms with Crippen LogP contribution < -0.4 is 10.6 Å². The molecule has 0 saturated heterocycles. The van der Waals surface area contributed by atoms with Gasteiger partial charge in [0.15, 0.2) is 0 Å². The van der Waals surface area contributed by atoms with E-state index in [2.05, 4.69) is 10.6 Å². The highest BCUT2D eigenvalue weighted by Gasteiger charge is 1.98. The number of rotatable bonds is 10. The third kappa shape index (κ3) is 12.6. The van der Waals surface area contributed by atoms with Crippen LogP contribution in [0.2, 0.25) is 0 Å². The molecule has 0 heterocycles. The van der Waals surface area contributed by atoms with E-state index in [0.717, 1.165) is 38.5 Å². The van der Waals surface area contributed by atoms with Crippen LogP contribution in [0.5, 0.6) is 0 Å². The van der Waals surface area contributed by atoms with Gasteiger partial charge in [-0.25, -0.2) is 9.59 Å². The second-order valence-electron chi connectivity index (χ2n) is 4.00. The van der Waals surface area contributed by atoms with Crippen LogP contribution >= 0.6 is 0 Å². The van der Waals surface area contributed by atoms with Crippen molar-refractivity contribution in [3.8, 4) is 0 Å². The average molecular weight is 260 g/mol. The van der Waals surface area contributed by atoms with Crippen LogP contribution in [0.3, 0.4) is 0 Å². The first kappa shape index (κ1) is 16.5. The molecule has 0 saturated carbocycles. The van der Waals surface area contributed by atoms with E-state index in [1.807, 2.05) is 0 Å². The first-order valence-corrected chi connectivity index (χ1v) is 6.54. The van der Waals surface area contributed by atoms with E-state index >= 15 is 0 Å². The Morgan fingerprint density at radius 3 is 1.94 bits per heavy atom. The molecule has 106 valence electrons. The minimum Gasteiger partial charge on any atom is -0.465 e. The standard InChI is InChI=1S/C12H24N2O4/c1-2-18-12(17)14-10-8-6-4-3-5-7-9-13-11(15)16/h13H,2-10H2,1H3,(H,14,17)(H,15,16). The van der Waals surface area contributed by atoms with Gasteiger partial charge in [0.2, 0.25) is 0 Å². The van der Waals surface area contributed by atoms with Crippen molar-refractivity contribution >= 4 is 12.2 Å². The van der Waals surface area contributed by atoms with E-state index in [4.69, 9.17) is 9.84 Å². The van der Waals surface area contributed by atoms with Gasteiger partial charge >= 0.3 is 12.2 Å². The Kier molecular flexibility index (Phi) is 11.0. The van der Waals surface area contributed by atoms with Crippen molar-refractivity contribution < 1.29 is 19.4 Å². The first-order valence-electron chi connectivity index (χ1n) is 6.54. The van der Waals surface area contributed by atoms with Gasteiger partial charge in [0.25, 0.3) is 0 Å². The van der Waals surface area contributed by atoms with E-state index in [1.165, 1.54) is 0 Å². The number of amides is 2. The lowest BCUT2D eigenvalue weighted by molar-refractivity contribution is 0.152. The molecule has 3 N–H and O–H groups in total. The van der Waals surface area contributed by atoms with Crippen molar-refractivity contribution in [2.45, 2.75) is 45.4 Å². The molecule has 0 aliphatic rings. The second-order valence-corrected chi connectivity index (χ2v) is 4.00. The molecule has 6 nitrogen and oxygen atoms in total. The predicted octanol–water partition coefficient (Wildman–Crippen LogP) is 2.34. The molecule has 0 radical (unpaired) electrons. The van der Waals surface area contributed by atoms with E-state index in [1.54, 1.807) is 6.92 Å². The number of carbonyl (C=O) groups excluding carboxylic acids is 1. The zero-order valence-electron chi connectivity index (χ0n) is 11.0. The van der Waals surface area contributed by atoms with Crippen LogP contribution in [0.25, 0.3) is 0 Å². The summed E-state index contributed by atoms with van der Waals surface area (Å²) in [6.45, 7) is 3.36. The third-order valence-corrected chi connectivity index (χ3v) is 2.42. The molecular formula is C12H24N2O4. The Balaban J connectivity index is 3.07. The van der Waals surface area contributed by atoms with Crippen LogP contribution in [0.4, 0.5) is 9.59 Å². The number of carbonyl (C=O) groups is 2. The van der Waals surface area contributed by atoms with Crippen LogP contribution in [-0.2, 0) is 4.74 Å². The van der Waals surface area contributed by atoms with Gasteiger partial charge in [-0.05, 0) is 19.8 Å². The average Bonchev–Trinajstić information content (AvgIpc) is 2.31. The summed E-state index contributed by atoms with van der Waals surface area (Å²) >= 11 is 0. The summed E-state index contributed by atoms with van der Waals surface area (Å²) in [6, 6.07) is 0. The molecule has 0 aromatic rings. The summed E-state index contributed by atoms with van der Waals surface area (Å²) in [5, 5.41) is 13.3. The van der Waals surface area contributed by atoms with Crippen molar-refractivity contribution in [1.29, 1.82) is 0 Å². The van der Waals surface area contributed by atoms with E-state index in [-0.39, 0.29) is 6.09 Å². The molecule has 0 aliphatic heterocycles. The molecule has 18 heavy (non-hydrogen) atoms. The van der Waals surface area contributed by atoms with Crippen molar-refractivity contribution in [3.05, 3.63) is 0 Å². The Bertz CT molecular complexity index is 234. The Morgan fingerprint density at radius 1 is 0.944 bits per heavy atom. The fraction of sp³-hybridized carbons (Fsp3) is 0.833. The lowest BCUT2D eigenvalue weighted by Gasteiger charge is -2.05. The zero-order chi connectivity index (χ0) is 13.6. The maximum Gasteiger partial charge on any atom is 0.407 e. The number of ether oxygens (including phenoxy) is 1. The van der Waals surface area contributed by atoms with Gasteiger partial charge in [-0.3, -0.25) is 0 Å². The maximum atomic E-state index is 10.9. The van der Waals surface area contributed by atoms with Crippen molar-refractivity contribution in [3.63, 3.8) is 0 Å². The summed E-state index contributed by atoms with van der Waals surface area (Å²) in [5.74, 6) is 0. The lowest BCUT2D eigenvalue weighted by Crippen LogP contribution is -2.25. The summed E-state index contributed by atoms with van der Waals surface area (Å²) in [7, 11) is 0. The topological polar surface area (TPSA) is 87.7 Å². The molecule has 6 heteroatoms. The number of carboxylic acid groups (broad SMARTS) is 1. The van der Waals surface area contributed by atoms with Crippen molar-refractivity contribution in [1.82, 2.24) is 10.6 Å². The van der Waals surface area contributed by atoms with Gasteiger partial charge in [-0.2, -0.15) is 0 Å². The normalized spacial score (nSPS) is 9.83. The van der Waals surface area contributed by atoms with Crippen LogP contribution in [-0.4, -0.2) is 37.0 Å². The molecule has 0 aliphatic carbocycles. The van der Waals surface area contributed by atoms with Crippen molar-refractivity contribution in [2.75, 3.05) is 19.7 Å². The molecule has 0 bridgehead atoms. The minimum atomic E-state index is -0.958. The minimum absolute atomic E-state index is 0.350. The van der Waals surface area contributed by atoms with Crippen molar-refractivity contribution in [2.24, 2.45) is 0 Å². The zero-order valence-corrected chi connectivity index (χ0v) is 11.0. The lowest BCUT2D eigenvalue weighted by atomic mass is 10.1. The fourth-order valence-corrected chi connectivity index (χ4v) is 1.53. The number of alkyl carbamates (subject to hydrolysis) is 1. The number of nitrogens with one attached hydrogen (secondary N) is 2. The highest BCUT2D eigenvalue weighted by molar-refractivity contribution is 5.66. The monoisotopic (exact) mass is 260 g/mol. The molecule has 0 aromatic heterocycles. The predicted molar refractivity (Wildman–Crippen MR) is 68.8 cm³/mol. The van der Waals surface area contributed by atoms with E-state index in [9.17, 15) is 9.59 Å². The van der Waals surface area contributed by atoms with Gasteiger partial charge < -0.3 is 20.5 Å². The molecule has 0 spiro atoms. The summed E-state index contributed by atoms with van der Waals surface area (Å²) in [6.07, 6.45) is 4.83. The number of unbranched alkanes of at least 4 members (excludes halogenated alkanes) is 5. The maximum absolute atomic E-state index is 10.9. The summed E-state index contributed by atoms with van der Waals surface area (Å²) < 4.78 is 4.73. The quantitative estimate of drug-likeness (QED) is 0.526. The highest BCUT2D eigenvalue weighted by Crippen LogP contribution is 2.04. The van der Waals surface area contributed by atoms with Gasteiger partial charge in [-0.15, -0.1) is 0 Å². The molecule has 0 rings (SSSR count). The molecule has 0 unspecified atom stereocenters. The van der Waals surface area contributed by atoms with Crippen LogP contribution in [0.1, 0.15) is 45.4 Å². The Hall–Kier alpha value is -1.46. The molecule has 0 fully saturated rings. The smallest absolute Gasteiger partial charge is 0.407 e. The number of hydrogen-bond acceptors (Lipinski definition) is 3. The van der Waals surface area contributed by atoms with Gasteiger partial charge in [0.1, 0.15) is 0 Å². The summed E-state index contributed by atoms with van der Waals surface area (Å²) in [5.41, 5.74) is 0. The largest absolute Gasteiger partial charge is 0.465 e. The molecule has 0 atom stereocenters.